The van der Waals surface area contributed by atoms with Crippen LogP contribution in [0.15, 0.2) is 53.8 Å². The van der Waals surface area contributed by atoms with Gasteiger partial charge < -0.3 is 5.11 Å². The van der Waals surface area contributed by atoms with E-state index in [0.29, 0.717) is 21.9 Å². The van der Waals surface area contributed by atoms with E-state index in [1.165, 1.54) is 10.9 Å². The molecule has 0 unspecified atom stereocenters. The molecular weight excluding hydrogens is 286 g/mol. The largest absolute Gasteiger partial charge is 0.507 e. The van der Waals surface area contributed by atoms with Gasteiger partial charge in [-0.15, -0.1) is 0 Å². The van der Waals surface area contributed by atoms with E-state index in [-0.39, 0.29) is 5.75 Å². The molecule has 0 saturated heterocycles. The summed E-state index contributed by atoms with van der Waals surface area (Å²) in [4.78, 5) is 4.22. The predicted molar refractivity (Wildman–Crippen MR) is 81.7 cm³/mol. The Kier molecular flexibility index (Phi) is 3.57. The second kappa shape index (κ2) is 5.68. The van der Waals surface area contributed by atoms with Gasteiger partial charge in [-0.25, -0.2) is 5.10 Å². The number of aromatic amines is 1. The molecule has 0 bridgehead atoms. The second-order valence-corrected chi connectivity index (χ2v) is 4.57. The molecule has 3 aromatic rings. The molecule has 0 spiro atoms. The molecule has 0 saturated carbocycles. The van der Waals surface area contributed by atoms with E-state index in [9.17, 15) is 5.11 Å². The molecule has 0 aliphatic heterocycles. The third-order valence-corrected chi connectivity index (χ3v) is 3.06. The quantitative estimate of drug-likeness (QED) is 0.575. The fourth-order valence-electron chi connectivity index (χ4n) is 1.78. The SMILES string of the molecule is Oc1ccccc1C=Nn1c(-c2ccccn2)n[nH]c1=S. The van der Waals surface area contributed by atoms with Crippen molar-refractivity contribution < 1.29 is 5.11 Å². The van der Waals surface area contributed by atoms with Crippen LogP contribution in [0.5, 0.6) is 5.75 Å². The third-order valence-electron chi connectivity index (χ3n) is 2.79. The van der Waals surface area contributed by atoms with Gasteiger partial charge >= 0.3 is 0 Å². The Bertz CT molecular complexity index is 838. The lowest BCUT2D eigenvalue weighted by atomic mass is 10.2. The number of phenolic OH excluding ortho intramolecular Hbond substituents is 1. The minimum Gasteiger partial charge on any atom is -0.507 e. The van der Waals surface area contributed by atoms with E-state index in [2.05, 4.69) is 20.3 Å². The lowest BCUT2D eigenvalue weighted by molar-refractivity contribution is 0.474. The monoisotopic (exact) mass is 297 g/mol. The summed E-state index contributed by atoms with van der Waals surface area (Å²) in [7, 11) is 0. The van der Waals surface area contributed by atoms with Crippen LogP contribution in [-0.4, -0.2) is 31.2 Å². The molecule has 2 aromatic heterocycles. The fraction of sp³-hybridized carbons (Fsp3) is 0. The average Bonchev–Trinajstić information content (AvgIpc) is 2.88. The smallest absolute Gasteiger partial charge is 0.216 e. The first kappa shape index (κ1) is 13.2. The van der Waals surface area contributed by atoms with Crippen molar-refractivity contribution in [3.8, 4) is 17.3 Å². The van der Waals surface area contributed by atoms with E-state index in [1.54, 1.807) is 24.4 Å². The number of rotatable bonds is 3. The summed E-state index contributed by atoms with van der Waals surface area (Å²) in [5.74, 6) is 0.655. The van der Waals surface area contributed by atoms with E-state index >= 15 is 0 Å². The Morgan fingerprint density at radius 1 is 1.19 bits per heavy atom. The van der Waals surface area contributed by atoms with Crippen molar-refractivity contribution in [2.24, 2.45) is 5.10 Å². The zero-order valence-electron chi connectivity index (χ0n) is 10.8. The third kappa shape index (κ3) is 2.72. The highest BCUT2D eigenvalue weighted by Crippen LogP contribution is 2.15. The van der Waals surface area contributed by atoms with Gasteiger partial charge in [0, 0.05) is 11.8 Å². The minimum atomic E-state index is 0.149. The number of benzene rings is 1. The number of nitrogens with zero attached hydrogens (tertiary/aromatic N) is 4. The number of H-pyrrole nitrogens is 1. The maximum absolute atomic E-state index is 9.73. The standard InChI is InChI=1S/C14H11N5OS/c20-12-7-2-1-5-10(12)9-16-19-13(17-18-14(19)21)11-6-3-4-8-15-11/h1-9,20H,(H,18,21). The maximum Gasteiger partial charge on any atom is 0.216 e. The van der Waals surface area contributed by atoms with Crippen LogP contribution in [0.1, 0.15) is 5.56 Å². The Morgan fingerprint density at radius 2 is 2.00 bits per heavy atom. The van der Waals surface area contributed by atoms with Crippen molar-refractivity contribution in [2.75, 3.05) is 0 Å². The molecule has 0 atom stereocenters. The molecule has 3 rings (SSSR count). The summed E-state index contributed by atoms with van der Waals surface area (Å²) >= 11 is 5.16. The molecule has 104 valence electrons. The van der Waals surface area contributed by atoms with Crippen molar-refractivity contribution in [3.63, 3.8) is 0 Å². The van der Waals surface area contributed by atoms with Gasteiger partial charge in [-0.3, -0.25) is 4.98 Å². The molecule has 2 N–H and O–H groups in total. The van der Waals surface area contributed by atoms with Crippen molar-refractivity contribution in [3.05, 3.63) is 59.0 Å². The number of aromatic hydroxyl groups is 1. The van der Waals surface area contributed by atoms with Gasteiger partial charge in [0.15, 0.2) is 0 Å². The van der Waals surface area contributed by atoms with Gasteiger partial charge in [0.05, 0.1) is 6.21 Å². The Balaban J connectivity index is 2.02. The van der Waals surface area contributed by atoms with Crippen LogP contribution >= 0.6 is 12.2 Å². The minimum absolute atomic E-state index is 0.149. The van der Waals surface area contributed by atoms with Crippen LogP contribution in [-0.2, 0) is 0 Å². The summed E-state index contributed by atoms with van der Waals surface area (Å²) < 4.78 is 1.81. The Morgan fingerprint density at radius 3 is 2.76 bits per heavy atom. The van der Waals surface area contributed by atoms with Crippen molar-refractivity contribution in [2.45, 2.75) is 0 Å². The first-order valence-electron chi connectivity index (χ1n) is 6.17. The van der Waals surface area contributed by atoms with Crippen LogP contribution in [0.2, 0.25) is 0 Å². The first-order valence-corrected chi connectivity index (χ1v) is 6.58. The number of phenols is 1. The van der Waals surface area contributed by atoms with Crippen LogP contribution < -0.4 is 0 Å². The molecule has 0 fully saturated rings. The molecule has 0 aliphatic carbocycles. The molecule has 0 radical (unpaired) electrons. The average molecular weight is 297 g/mol. The highest BCUT2D eigenvalue weighted by Gasteiger charge is 2.08. The number of aromatic nitrogens is 4. The van der Waals surface area contributed by atoms with Crippen molar-refractivity contribution in [1.29, 1.82) is 0 Å². The Labute approximate surface area is 125 Å². The van der Waals surface area contributed by atoms with Gasteiger partial charge in [-0.1, -0.05) is 18.2 Å². The lowest BCUT2D eigenvalue weighted by Crippen LogP contribution is -1.96. The lowest BCUT2D eigenvalue weighted by Gasteiger charge is -2.00. The zero-order valence-corrected chi connectivity index (χ0v) is 11.7. The summed E-state index contributed by atoms with van der Waals surface area (Å²) in [6, 6.07) is 12.4. The van der Waals surface area contributed by atoms with Crippen LogP contribution in [0.25, 0.3) is 11.5 Å². The number of pyridine rings is 1. The zero-order chi connectivity index (χ0) is 14.7. The molecule has 2 heterocycles. The van der Waals surface area contributed by atoms with Gasteiger partial charge in [0.25, 0.3) is 0 Å². The van der Waals surface area contributed by atoms with E-state index in [4.69, 9.17) is 12.2 Å². The van der Waals surface area contributed by atoms with Gasteiger partial charge in [-0.2, -0.15) is 14.9 Å². The Hall–Kier alpha value is -2.80. The fourth-order valence-corrected chi connectivity index (χ4v) is 1.96. The van der Waals surface area contributed by atoms with Gasteiger partial charge in [0.1, 0.15) is 11.4 Å². The maximum atomic E-state index is 9.73. The molecule has 0 aliphatic rings. The summed E-state index contributed by atoms with van der Waals surface area (Å²) in [5.41, 5.74) is 1.24. The second-order valence-electron chi connectivity index (χ2n) is 4.18. The van der Waals surface area contributed by atoms with E-state index in [0.717, 1.165) is 0 Å². The van der Waals surface area contributed by atoms with E-state index < -0.39 is 0 Å². The predicted octanol–water partition coefficient (Wildman–Crippen LogP) is 2.59. The molecule has 0 amide bonds. The van der Waals surface area contributed by atoms with Crippen LogP contribution in [0.4, 0.5) is 0 Å². The summed E-state index contributed by atoms with van der Waals surface area (Å²) in [5, 5.41) is 20.8. The van der Waals surface area contributed by atoms with E-state index in [1.807, 2.05) is 24.3 Å². The molecule has 7 heteroatoms. The van der Waals surface area contributed by atoms with Crippen LogP contribution in [0.3, 0.4) is 0 Å². The number of hydrogen-bond acceptors (Lipinski definition) is 5. The number of hydrogen-bond donors (Lipinski definition) is 2. The first-order chi connectivity index (χ1) is 10.3. The normalized spacial score (nSPS) is 11.0. The highest BCUT2D eigenvalue weighted by molar-refractivity contribution is 7.71. The van der Waals surface area contributed by atoms with Gasteiger partial charge in [0.2, 0.25) is 10.6 Å². The number of nitrogens with one attached hydrogen (secondary N) is 1. The molecular formula is C14H11N5OS. The van der Waals surface area contributed by atoms with Crippen molar-refractivity contribution in [1.82, 2.24) is 19.9 Å². The van der Waals surface area contributed by atoms with Crippen LogP contribution in [0, 0.1) is 4.77 Å². The number of para-hydroxylation sites is 1. The molecule has 1 aromatic carbocycles. The molecule has 6 nitrogen and oxygen atoms in total. The molecule has 21 heavy (non-hydrogen) atoms. The van der Waals surface area contributed by atoms with Gasteiger partial charge in [-0.05, 0) is 36.5 Å². The topological polar surface area (TPSA) is 79.1 Å². The van der Waals surface area contributed by atoms with Crippen molar-refractivity contribution >= 4 is 18.4 Å². The summed E-state index contributed by atoms with van der Waals surface area (Å²) in [6.45, 7) is 0. The summed E-state index contributed by atoms with van der Waals surface area (Å²) in [6.07, 6.45) is 3.19. The highest BCUT2D eigenvalue weighted by atomic mass is 32.1.